The monoisotopic (exact) mass is 284 g/mol. The summed E-state index contributed by atoms with van der Waals surface area (Å²) in [6.07, 6.45) is 0.279. The molecule has 0 spiro atoms. The Labute approximate surface area is 113 Å². The summed E-state index contributed by atoms with van der Waals surface area (Å²) in [6.45, 7) is 0. The van der Waals surface area contributed by atoms with Crippen LogP contribution in [0, 0.1) is 23.3 Å². The van der Waals surface area contributed by atoms with Crippen molar-refractivity contribution in [2.45, 2.75) is 12.5 Å². The third-order valence-electron chi connectivity index (χ3n) is 2.96. The van der Waals surface area contributed by atoms with E-state index < -0.39 is 23.5 Å². The van der Waals surface area contributed by atoms with Crippen molar-refractivity contribution in [3.8, 4) is 0 Å². The van der Waals surface area contributed by atoms with Gasteiger partial charge in [0, 0.05) is 0 Å². The van der Waals surface area contributed by atoms with Gasteiger partial charge in [-0.15, -0.1) is 0 Å². The van der Waals surface area contributed by atoms with Crippen molar-refractivity contribution >= 4 is 0 Å². The van der Waals surface area contributed by atoms with Gasteiger partial charge in [0.25, 0.3) is 0 Å². The van der Waals surface area contributed by atoms with E-state index in [9.17, 15) is 17.6 Å². The highest BCUT2D eigenvalue weighted by Crippen LogP contribution is 2.22. The topological polar surface area (TPSA) is 38.0 Å². The first-order chi connectivity index (χ1) is 9.51. The lowest BCUT2D eigenvalue weighted by Gasteiger charge is -2.17. The molecule has 106 valence electrons. The Kier molecular flexibility index (Phi) is 4.36. The van der Waals surface area contributed by atoms with E-state index in [1.54, 1.807) is 0 Å². The van der Waals surface area contributed by atoms with E-state index in [-0.39, 0.29) is 17.8 Å². The fourth-order valence-electron chi connectivity index (χ4n) is 1.91. The van der Waals surface area contributed by atoms with Crippen molar-refractivity contribution in [3.63, 3.8) is 0 Å². The molecule has 0 saturated carbocycles. The molecule has 0 radical (unpaired) electrons. The summed E-state index contributed by atoms with van der Waals surface area (Å²) in [5.74, 6) is 0.895. The maximum atomic E-state index is 13.2. The molecule has 0 aromatic heterocycles. The number of rotatable bonds is 4. The van der Waals surface area contributed by atoms with Crippen LogP contribution in [0.2, 0.25) is 0 Å². The Hall–Kier alpha value is -1.92. The quantitative estimate of drug-likeness (QED) is 0.392. The van der Waals surface area contributed by atoms with Gasteiger partial charge in [-0.1, -0.05) is 12.1 Å². The van der Waals surface area contributed by atoms with Crippen LogP contribution in [0.25, 0.3) is 0 Å². The van der Waals surface area contributed by atoms with Gasteiger partial charge in [-0.3, -0.25) is 11.3 Å². The van der Waals surface area contributed by atoms with Crippen molar-refractivity contribution in [1.82, 2.24) is 5.43 Å². The molecule has 1 unspecified atom stereocenters. The summed E-state index contributed by atoms with van der Waals surface area (Å²) in [6, 6.07) is 6.76. The number of nitrogens with two attached hydrogens (primary N) is 1. The summed E-state index contributed by atoms with van der Waals surface area (Å²) in [5, 5.41) is 0. The van der Waals surface area contributed by atoms with E-state index in [1.165, 1.54) is 24.3 Å². The zero-order valence-electron chi connectivity index (χ0n) is 10.3. The predicted molar refractivity (Wildman–Crippen MR) is 66.5 cm³/mol. The SMILES string of the molecule is NNC(Cc1ccc(F)cc1)c1cc(F)c(F)c(F)c1. The van der Waals surface area contributed by atoms with Gasteiger partial charge in [0.05, 0.1) is 6.04 Å². The second kappa shape index (κ2) is 6.02. The highest BCUT2D eigenvalue weighted by Gasteiger charge is 2.17. The third kappa shape index (κ3) is 3.15. The van der Waals surface area contributed by atoms with Crippen molar-refractivity contribution < 1.29 is 17.6 Å². The van der Waals surface area contributed by atoms with Crippen LogP contribution in [0.3, 0.4) is 0 Å². The summed E-state index contributed by atoms with van der Waals surface area (Å²) in [7, 11) is 0. The maximum absolute atomic E-state index is 13.2. The highest BCUT2D eigenvalue weighted by molar-refractivity contribution is 5.26. The Morgan fingerprint density at radius 2 is 1.50 bits per heavy atom. The van der Waals surface area contributed by atoms with Gasteiger partial charge in [-0.05, 0) is 41.8 Å². The molecule has 2 nitrogen and oxygen atoms in total. The molecule has 0 heterocycles. The van der Waals surface area contributed by atoms with Crippen LogP contribution in [-0.4, -0.2) is 0 Å². The smallest absolute Gasteiger partial charge is 0.194 e. The Morgan fingerprint density at radius 3 is 2.00 bits per heavy atom. The third-order valence-corrected chi connectivity index (χ3v) is 2.96. The molecule has 3 N–H and O–H groups in total. The maximum Gasteiger partial charge on any atom is 0.194 e. The molecule has 2 aromatic rings. The van der Waals surface area contributed by atoms with Crippen LogP contribution in [0.5, 0.6) is 0 Å². The summed E-state index contributed by atoms with van der Waals surface area (Å²) in [5.41, 5.74) is 3.30. The zero-order chi connectivity index (χ0) is 14.7. The molecule has 0 bridgehead atoms. The number of hydrazine groups is 1. The molecular formula is C14H12F4N2. The molecule has 6 heteroatoms. The second-order valence-corrected chi connectivity index (χ2v) is 4.35. The van der Waals surface area contributed by atoms with Crippen molar-refractivity contribution in [2.75, 3.05) is 0 Å². The van der Waals surface area contributed by atoms with Gasteiger partial charge < -0.3 is 0 Å². The molecule has 0 aliphatic heterocycles. The summed E-state index contributed by atoms with van der Waals surface area (Å²) >= 11 is 0. The van der Waals surface area contributed by atoms with E-state index in [0.717, 1.165) is 17.7 Å². The molecule has 2 aromatic carbocycles. The molecule has 1 atom stereocenters. The van der Waals surface area contributed by atoms with Gasteiger partial charge in [0.2, 0.25) is 0 Å². The molecule has 0 amide bonds. The standard InChI is InChI=1S/C14H12F4N2/c15-10-3-1-8(2-4-10)5-13(20-19)9-6-11(16)14(18)12(17)7-9/h1-4,6-7,13,20H,5,19H2. The minimum absolute atomic E-state index is 0.174. The van der Waals surface area contributed by atoms with Crippen LogP contribution in [0.15, 0.2) is 36.4 Å². The molecular weight excluding hydrogens is 272 g/mol. The van der Waals surface area contributed by atoms with Gasteiger partial charge in [0.1, 0.15) is 5.82 Å². The predicted octanol–water partition coefficient (Wildman–Crippen LogP) is 2.99. The first kappa shape index (κ1) is 14.5. The van der Waals surface area contributed by atoms with Gasteiger partial charge in [0.15, 0.2) is 17.5 Å². The molecule has 0 aliphatic carbocycles. The average Bonchev–Trinajstić information content (AvgIpc) is 2.43. The van der Waals surface area contributed by atoms with E-state index in [2.05, 4.69) is 5.43 Å². The minimum atomic E-state index is -1.52. The lowest BCUT2D eigenvalue weighted by Crippen LogP contribution is -2.29. The van der Waals surface area contributed by atoms with Crippen molar-refractivity contribution in [2.24, 2.45) is 5.84 Å². The van der Waals surface area contributed by atoms with Crippen LogP contribution >= 0.6 is 0 Å². The van der Waals surface area contributed by atoms with E-state index in [4.69, 9.17) is 5.84 Å². The minimum Gasteiger partial charge on any atom is -0.271 e. The fraction of sp³-hybridized carbons (Fsp3) is 0.143. The normalized spacial score (nSPS) is 12.4. The number of halogens is 4. The number of hydrogen-bond donors (Lipinski definition) is 2. The fourth-order valence-corrected chi connectivity index (χ4v) is 1.91. The van der Waals surface area contributed by atoms with Crippen LogP contribution in [0.4, 0.5) is 17.6 Å². The average molecular weight is 284 g/mol. The molecule has 0 saturated heterocycles. The zero-order valence-corrected chi connectivity index (χ0v) is 10.3. The van der Waals surface area contributed by atoms with Crippen molar-refractivity contribution in [1.29, 1.82) is 0 Å². The Morgan fingerprint density at radius 1 is 0.950 bits per heavy atom. The lowest BCUT2D eigenvalue weighted by atomic mass is 9.99. The first-order valence-electron chi connectivity index (χ1n) is 5.86. The molecule has 20 heavy (non-hydrogen) atoms. The highest BCUT2D eigenvalue weighted by atomic mass is 19.2. The van der Waals surface area contributed by atoms with E-state index in [0.29, 0.717) is 0 Å². The number of nitrogens with one attached hydrogen (secondary N) is 1. The van der Waals surface area contributed by atoms with Crippen LogP contribution < -0.4 is 11.3 Å². The first-order valence-corrected chi connectivity index (χ1v) is 5.86. The van der Waals surface area contributed by atoms with Crippen molar-refractivity contribution in [3.05, 3.63) is 70.8 Å². The Balaban J connectivity index is 2.26. The van der Waals surface area contributed by atoms with Crippen LogP contribution in [-0.2, 0) is 6.42 Å². The lowest BCUT2D eigenvalue weighted by molar-refractivity contribution is 0.439. The van der Waals surface area contributed by atoms with E-state index >= 15 is 0 Å². The van der Waals surface area contributed by atoms with Gasteiger partial charge in [-0.25, -0.2) is 17.6 Å². The Bertz CT molecular complexity index is 576. The molecule has 0 aliphatic rings. The van der Waals surface area contributed by atoms with Gasteiger partial charge >= 0.3 is 0 Å². The largest absolute Gasteiger partial charge is 0.271 e. The summed E-state index contributed by atoms with van der Waals surface area (Å²) < 4.78 is 52.1. The van der Waals surface area contributed by atoms with Crippen LogP contribution in [0.1, 0.15) is 17.2 Å². The molecule has 2 rings (SSSR count). The van der Waals surface area contributed by atoms with Gasteiger partial charge in [-0.2, -0.15) is 0 Å². The second-order valence-electron chi connectivity index (χ2n) is 4.35. The summed E-state index contributed by atoms with van der Waals surface area (Å²) in [4.78, 5) is 0. The number of hydrogen-bond acceptors (Lipinski definition) is 2. The number of benzene rings is 2. The van der Waals surface area contributed by atoms with E-state index in [1.807, 2.05) is 0 Å². The molecule has 0 fully saturated rings.